The van der Waals surface area contributed by atoms with Crippen LogP contribution in [-0.4, -0.2) is 5.11 Å². The molecular weight excluding hydrogens is 370 g/mol. The zero-order valence-corrected chi connectivity index (χ0v) is 16.2. The number of benzene rings is 4. The molecule has 0 radical (unpaired) electrons. The molecule has 0 aromatic heterocycles. The Morgan fingerprint density at radius 2 is 1.07 bits per heavy atom. The van der Waals surface area contributed by atoms with Crippen molar-refractivity contribution in [2.24, 2.45) is 0 Å². The lowest BCUT2D eigenvalue weighted by molar-refractivity contribution is 0.0418. The zero-order valence-electron chi connectivity index (χ0n) is 16.2. The van der Waals surface area contributed by atoms with Crippen molar-refractivity contribution in [3.8, 4) is 6.26 Å². The fourth-order valence-electron chi connectivity index (χ4n) is 4.54. The third kappa shape index (κ3) is 2.95. The molecule has 1 N–H and O–H groups in total. The van der Waals surface area contributed by atoms with Crippen LogP contribution < -0.4 is 0 Å². The molecule has 2 aliphatic rings. The van der Waals surface area contributed by atoms with Gasteiger partial charge in [0.2, 0.25) is 0 Å². The van der Waals surface area contributed by atoms with E-state index in [1.807, 2.05) is 0 Å². The number of rotatable bonds is 2. The van der Waals surface area contributed by atoms with Crippen LogP contribution in [0, 0.1) is 11.5 Å². The second-order valence-electron chi connectivity index (χ2n) is 7.38. The lowest BCUT2D eigenvalue weighted by Crippen LogP contribution is -2.12. The SMILES string of the molecule is C1=CC(OC2C=Cc3cccc4cccc2c34)c2cccc3cccc1c23.N#CO. The molecule has 2 atom stereocenters. The van der Waals surface area contributed by atoms with Crippen LogP contribution in [-0.2, 0) is 4.74 Å². The molecule has 0 saturated heterocycles. The fourth-order valence-corrected chi connectivity index (χ4v) is 4.54. The summed E-state index contributed by atoms with van der Waals surface area (Å²) in [6.45, 7) is 0. The molecular formula is C27H19NO2. The average Bonchev–Trinajstić information content (AvgIpc) is 2.78. The normalized spacial score (nSPS) is 18.0. The summed E-state index contributed by atoms with van der Waals surface area (Å²) in [6, 6.07) is 25.9. The highest BCUT2D eigenvalue weighted by Crippen LogP contribution is 2.41. The van der Waals surface area contributed by atoms with Gasteiger partial charge < -0.3 is 9.84 Å². The first-order valence-electron chi connectivity index (χ1n) is 9.88. The number of ether oxygens (including phenoxy) is 1. The number of aliphatic hydroxyl groups is 1. The van der Waals surface area contributed by atoms with Gasteiger partial charge in [0.05, 0.1) is 0 Å². The third-order valence-corrected chi connectivity index (χ3v) is 5.75. The van der Waals surface area contributed by atoms with Crippen LogP contribution in [0.4, 0.5) is 0 Å². The Labute approximate surface area is 174 Å². The Morgan fingerprint density at radius 3 is 1.50 bits per heavy atom. The van der Waals surface area contributed by atoms with E-state index in [9.17, 15) is 0 Å². The summed E-state index contributed by atoms with van der Waals surface area (Å²) in [5.41, 5.74) is 5.05. The fraction of sp³-hybridized carbons (Fsp3) is 0.0741. The second kappa shape index (κ2) is 7.51. The van der Waals surface area contributed by atoms with E-state index in [2.05, 4.69) is 97.1 Å². The Morgan fingerprint density at radius 1 is 0.667 bits per heavy atom. The van der Waals surface area contributed by atoms with E-state index in [4.69, 9.17) is 15.1 Å². The summed E-state index contributed by atoms with van der Waals surface area (Å²) >= 11 is 0. The van der Waals surface area contributed by atoms with E-state index in [1.54, 1.807) is 0 Å². The van der Waals surface area contributed by atoms with E-state index in [1.165, 1.54) is 43.8 Å². The molecule has 2 unspecified atom stereocenters. The van der Waals surface area contributed by atoms with Crippen molar-refractivity contribution in [1.82, 2.24) is 0 Å². The number of aliphatic hydroxyl groups excluding tert-OH is 1. The molecule has 0 fully saturated rings. The van der Waals surface area contributed by atoms with E-state index in [0.29, 0.717) is 0 Å². The molecule has 0 heterocycles. The smallest absolute Gasteiger partial charge is 0.283 e. The molecule has 0 spiro atoms. The maximum Gasteiger partial charge on any atom is 0.283 e. The van der Waals surface area contributed by atoms with Gasteiger partial charge in [0.25, 0.3) is 6.26 Å². The van der Waals surface area contributed by atoms with Crippen molar-refractivity contribution in [2.75, 3.05) is 0 Å². The first kappa shape index (κ1) is 18.2. The van der Waals surface area contributed by atoms with Gasteiger partial charge in [-0.15, -0.1) is 0 Å². The molecule has 0 bridgehead atoms. The maximum atomic E-state index is 6.88. The van der Waals surface area contributed by atoms with Crippen LogP contribution >= 0.6 is 0 Å². The highest BCUT2D eigenvalue weighted by atomic mass is 16.5. The highest BCUT2D eigenvalue weighted by Gasteiger charge is 2.24. The molecule has 4 aromatic rings. The van der Waals surface area contributed by atoms with E-state index >= 15 is 0 Å². The Hall–Kier alpha value is -3.87. The third-order valence-electron chi connectivity index (χ3n) is 5.75. The highest BCUT2D eigenvalue weighted by molar-refractivity contribution is 5.96. The predicted molar refractivity (Wildman–Crippen MR) is 120 cm³/mol. The predicted octanol–water partition coefficient (Wildman–Crippen LogP) is 6.69. The zero-order chi connectivity index (χ0) is 20.5. The van der Waals surface area contributed by atoms with Gasteiger partial charge in [-0.2, -0.15) is 5.26 Å². The molecule has 3 nitrogen and oxygen atoms in total. The van der Waals surface area contributed by atoms with Gasteiger partial charge in [-0.1, -0.05) is 97.1 Å². The second-order valence-corrected chi connectivity index (χ2v) is 7.38. The summed E-state index contributed by atoms with van der Waals surface area (Å²) in [7, 11) is 0. The van der Waals surface area contributed by atoms with Crippen LogP contribution in [0.3, 0.4) is 0 Å². The van der Waals surface area contributed by atoms with E-state index in [0.717, 1.165) is 6.26 Å². The largest absolute Gasteiger partial charge is 0.443 e. The topological polar surface area (TPSA) is 53.2 Å². The van der Waals surface area contributed by atoms with E-state index in [-0.39, 0.29) is 12.2 Å². The molecule has 0 saturated carbocycles. The molecule has 3 heteroatoms. The number of nitrogens with zero attached hydrogens (tertiary/aromatic N) is 1. The van der Waals surface area contributed by atoms with Gasteiger partial charge in [-0.3, -0.25) is 0 Å². The van der Waals surface area contributed by atoms with Gasteiger partial charge >= 0.3 is 0 Å². The summed E-state index contributed by atoms with van der Waals surface area (Å²) in [6.07, 6.45) is 9.43. The Kier molecular flexibility index (Phi) is 4.55. The van der Waals surface area contributed by atoms with Crippen molar-refractivity contribution in [3.05, 3.63) is 107 Å². The molecule has 0 aliphatic heterocycles. The van der Waals surface area contributed by atoms with Crippen molar-refractivity contribution < 1.29 is 9.84 Å². The molecule has 6 rings (SSSR count). The summed E-state index contributed by atoms with van der Waals surface area (Å²) in [5, 5.41) is 18.9. The summed E-state index contributed by atoms with van der Waals surface area (Å²) < 4.78 is 6.65. The number of hydrogen-bond donors (Lipinski definition) is 1. The molecule has 30 heavy (non-hydrogen) atoms. The lowest BCUT2D eigenvalue weighted by Gasteiger charge is -2.28. The van der Waals surface area contributed by atoms with E-state index < -0.39 is 0 Å². The first-order chi connectivity index (χ1) is 14.8. The van der Waals surface area contributed by atoms with Crippen LogP contribution in [0.5, 0.6) is 0 Å². The van der Waals surface area contributed by atoms with Crippen LogP contribution in [0.25, 0.3) is 33.7 Å². The van der Waals surface area contributed by atoms with Gasteiger partial charge in [0, 0.05) is 0 Å². The first-order valence-corrected chi connectivity index (χ1v) is 9.88. The minimum atomic E-state index is -0.0428. The standard InChI is InChI=1S/C26H18O.CHNO/c1-5-17-9-3-11-21-23(15-13-19(7-1)25(17)21)27-24-16-14-20-8-2-6-18-10-4-12-22(24)26(18)20;2-1-3/h1-16,23-24H;3H. The van der Waals surface area contributed by atoms with Crippen LogP contribution in [0.2, 0.25) is 0 Å². The van der Waals surface area contributed by atoms with Gasteiger partial charge in [-0.25, -0.2) is 0 Å². The average molecular weight is 389 g/mol. The van der Waals surface area contributed by atoms with Crippen LogP contribution in [0.1, 0.15) is 34.5 Å². The molecule has 2 aliphatic carbocycles. The quantitative estimate of drug-likeness (QED) is 0.389. The van der Waals surface area contributed by atoms with Crippen molar-refractivity contribution in [3.63, 3.8) is 0 Å². The van der Waals surface area contributed by atoms with Crippen molar-refractivity contribution in [1.29, 1.82) is 5.26 Å². The minimum absolute atomic E-state index is 0.0428. The Bertz CT molecular complexity index is 1250. The van der Waals surface area contributed by atoms with Gasteiger partial charge in [0.1, 0.15) is 12.2 Å². The van der Waals surface area contributed by atoms with Gasteiger partial charge in [0.15, 0.2) is 0 Å². The monoisotopic (exact) mass is 389 g/mol. The van der Waals surface area contributed by atoms with Crippen LogP contribution in [0.15, 0.2) is 84.9 Å². The van der Waals surface area contributed by atoms with Crippen molar-refractivity contribution >= 4 is 33.7 Å². The molecule has 144 valence electrons. The Balaban J connectivity index is 0.000000609. The molecule has 0 amide bonds. The van der Waals surface area contributed by atoms with Gasteiger partial charge in [-0.05, 0) is 43.8 Å². The summed E-state index contributed by atoms with van der Waals surface area (Å²) in [5.74, 6) is 0. The minimum Gasteiger partial charge on any atom is -0.443 e. The number of hydrogen-bond acceptors (Lipinski definition) is 3. The maximum absolute atomic E-state index is 6.88. The lowest BCUT2D eigenvalue weighted by atomic mass is 9.89. The molecule has 4 aromatic carbocycles. The number of nitriles is 1. The van der Waals surface area contributed by atoms with Crippen molar-refractivity contribution in [2.45, 2.75) is 12.2 Å². The summed E-state index contributed by atoms with van der Waals surface area (Å²) in [4.78, 5) is 0.